The summed E-state index contributed by atoms with van der Waals surface area (Å²) in [5.41, 5.74) is 1.40. The molecule has 0 saturated carbocycles. The number of nitrogens with zero attached hydrogens (tertiary/aromatic N) is 1. The highest BCUT2D eigenvalue weighted by atomic mass is 35.5. The first-order chi connectivity index (χ1) is 9.18. The minimum atomic E-state index is -0.667. The van der Waals surface area contributed by atoms with Gasteiger partial charge >= 0.3 is 5.37 Å². The summed E-state index contributed by atoms with van der Waals surface area (Å²) < 4.78 is 0. The van der Waals surface area contributed by atoms with Crippen molar-refractivity contribution in [2.24, 2.45) is 0 Å². The molecule has 2 aliphatic rings. The zero-order chi connectivity index (χ0) is 13.4. The molecule has 0 atom stereocenters. The van der Waals surface area contributed by atoms with Crippen LogP contribution in [0.5, 0.6) is 0 Å². The molecule has 3 rings (SSSR count). The van der Waals surface area contributed by atoms with Gasteiger partial charge in [0.1, 0.15) is 5.82 Å². The number of fused-ring (bicyclic) bond motifs is 1. The van der Waals surface area contributed by atoms with Gasteiger partial charge in [0.25, 0.3) is 5.91 Å². The van der Waals surface area contributed by atoms with Crippen LogP contribution >= 0.6 is 11.6 Å². The zero-order valence-electron chi connectivity index (χ0n) is 9.81. The Morgan fingerprint density at radius 2 is 2.11 bits per heavy atom. The largest absolute Gasteiger partial charge is 0.366 e. The van der Waals surface area contributed by atoms with E-state index < -0.39 is 5.37 Å². The number of amides is 2. The van der Waals surface area contributed by atoms with E-state index in [1.807, 2.05) is 6.08 Å². The third kappa shape index (κ3) is 1.88. The third-order valence-electron chi connectivity index (χ3n) is 2.96. The van der Waals surface area contributed by atoms with E-state index in [9.17, 15) is 9.59 Å². The lowest BCUT2D eigenvalue weighted by Crippen LogP contribution is -2.37. The molecule has 2 heterocycles. The molecule has 1 aromatic carbocycles. The maximum absolute atomic E-state index is 12.1. The zero-order valence-corrected chi connectivity index (χ0v) is 10.6. The number of hydrogen-bond donors (Lipinski definition) is 2. The number of benzene rings is 1. The van der Waals surface area contributed by atoms with Gasteiger partial charge in [-0.15, -0.1) is 0 Å². The number of dihydropyridines is 1. The molecule has 96 valence electrons. The first kappa shape index (κ1) is 11.8. The first-order valence-corrected chi connectivity index (χ1v) is 6.11. The van der Waals surface area contributed by atoms with Crippen molar-refractivity contribution in [3.8, 4) is 0 Å². The Morgan fingerprint density at radius 1 is 1.32 bits per heavy atom. The molecule has 6 heteroatoms. The molecular weight excluding hydrogens is 266 g/mol. The van der Waals surface area contributed by atoms with Gasteiger partial charge in [0.2, 0.25) is 0 Å². The first-order valence-electron chi connectivity index (χ1n) is 5.73. The molecule has 2 aliphatic heterocycles. The van der Waals surface area contributed by atoms with Crippen molar-refractivity contribution in [3.63, 3.8) is 0 Å². The van der Waals surface area contributed by atoms with Gasteiger partial charge in [-0.1, -0.05) is 18.2 Å². The number of halogens is 1. The number of carbonyl (C=O) groups is 2. The Morgan fingerprint density at radius 3 is 2.89 bits per heavy atom. The molecule has 0 aliphatic carbocycles. The molecule has 19 heavy (non-hydrogen) atoms. The van der Waals surface area contributed by atoms with Crippen molar-refractivity contribution in [1.82, 2.24) is 10.6 Å². The second kappa shape index (κ2) is 4.44. The number of hydrogen-bond acceptors (Lipinski definition) is 3. The Balaban J connectivity index is 2.24. The van der Waals surface area contributed by atoms with Crippen LogP contribution in [-0.2, 0) is 0 Å². The highest BCUT2D eigenvalue weighted by Crippen LogP contribution is 2.29. The normalized spacial score (nSPS) is 17.1. The van der Waals surface area contributed by atoms with E-state index in [0.717, 1.165) is 0 Å². The second-order valence-electron chi connectivity index (χ2n) is 4.11. The summed E-state index contributed by atoms with van der Waals surface area (Å²) in [6.07, 6.45) is 3.61. The van der Waals surface area contributed by atoms with E-state index in [2.05, 4.69) is 10.6 Å². The van der Waals surface area contributed by atoms with E-state index >= 15 is 0 Å². The fraction of sp³-hybridized carbons (Fsp3) is 0.0769. The fourth-order valence-corrected chi connectivity index (χ4v) is 2.34. The molecule has 0 spiro atoms. The minimum Gasteiger partial charge on any atom is -0.366 e. The lowest BCUT2D eigenvalue weighted by Gasteiger charge is -2.25. The van der Waals surface area contributed by atoms with Gasteiger partial charge in [-0.2, -0.15) is 0 Å². The molecule has 0 bridgehead atoms. The highest BCUT2D eigenvalue weighted by molar-refractivity contribution is 6.66. The molecule has 0 saturated heterocycles. The van der Waals surface area contributed by atoms with E-state index in [0.29, 0.717) is 29.3 Å². The van der Waals surface area contributed by atoms with Crippen LogP contribution in [0.2, 0.25) is 0 Å². The predicted molar refractivity (Wildman–Crippen MR) is 71.8 cm³/mol. The third-order valence-corrected chi connectivity index (χ3v) is 3.13. The van der Waals surface area contributed by atoms with Gasteiger partial charge in [0.15, 0.2) is 0 Å². The van der Waals surface area contributed by atoms with E-state index in [-0.39, 0.29) is 5.91 Å². The predicted octanol–water partition coefficient (Wildman–Crippen LogP) is 1.92. The van der Waals surface area contributed by atoms with Crippen LogP contribution in [0.3, 0.4) is 0 Å². The highest BCUT2D eigenvalue weighted by Gasteiger charge is 2.30. The molecule has 5 nitrogen and oxygen atoms in total. The Bertz CT molecular complexity index is 637. The number of para-hydroxylation sites is 1. The van der Waals surface area contributed by atoms with Gasteiger partial charge < -0.3 is 10.6 Å². The summed E-state index contributed by atoms with van der Waals surface area (Å²) in [5.74, 6) is 0.220. The average Bonchev–Trinajstić information content (AvgIpc) is 2.53. The van der Waals surface area contributed by atoms with Gasteiger partial charge in [-0.3, -0.25) is 14.5 Å². The molecule has 1 aromatic rings. The van der Waals surface area contributed by atoms with Crippen LogP contribution in [-0.4, -0.2) is 17.8 Å². The van der Waals surface area contributed by atoms with Crippen molar-refractivity contribution in [1.29, 1.82) is 0 Å². The van der Waals surface area contributed by atoms with Gasteiger partial charge in [0, 0.05) is 6.54 Å². The quantitative estimate of drug-likeness (QED) is 0.562. The molecule has 0 radical (unpaired) electrons. The van der Waals surface area contributed by atoms with E-state index in [1.165, 1.54) is 4.90 Å². The monoisotopic (exact) mass is 275 g/mol. The summed E-state index contributed by atoms with van der Waals surface area (Å²) in [6, 6.07) is 6.83. The van der Waals surface area contributed by atoms with Crippen LogP contribution < -0.4 is 15.5 Å². The Labute approximate surface area is 114 Å². The second-order valence-corrected chi connectivity index (χ2v) is 4.43. The lowest BCUT2D eigenvalue weighted by molar-refractivity contribution is 0.0968. The SMILES string of the molecule is O=C1NC2=C(NCC=C2)N(C(=O)Cl)c2ccccc21. The Hall–Kier alpha value is -2.27. The van der Waals surface area contributed by atoms with Gasteiger partial charge in [0.05, 0.1) is 16.9 Å². The molecule has 0 unspecified atom stereocenters. The van der Waals surface area contributed by atoms with Gasteiger partial charge in [-0.25, -0.2) is 0 Å². The van der Waals surface area contributed by atoms with E-state index in [1.54, 1.807) is 30.3 Å². The molecule has 0 fully saturated rings. The van der Waals surface area contributed by atoms with Gasteiger partial charge in [-0.05, 0) is 29.8 Å². The van der Waals surface area contributed by atoms with E-state index in [4.69, 9.17) is 11.6 Å². The molecule has 2 N–H and O–H groups in total. The standard InChI is InChI=1S/C13H10ClN3O2/c14-13(19)17-10-6-2-1-4-8(10)12(18)16-9-5-3-7-15-11(9)17/h1-6,15H,7H2,(H,16,18). The number of anilines is 1. The lowest BCUT2D eigenvalue weighted by atomic mass is 10.1. The Kier molecular flexibility index (Phi) is 2.76. The summed E-state index contributed by atoms with van der Waals surface area (Å²) in [6.45, 7) is 0.567. The van der Waals surface area contributed by atoms with Crippen LogP contribution in [0.4, 0.5) is 10.5 Å². The van der Waals surface area contributed by atoms with Crippen molar-refractivity contribution >= 4 is 28.6 Å². The maximum atomic E-state index is 12.1. The fourth-order valence-electron chi connectivity index (χ4n) is 2.16. The summed E-state index contributed by atoms with van der Waals surface area (Å²) in [5, 5.41) is 5.15. The minimum absolute atomic E-state index is 0.267. The number of nitrogens with one attached hydrogen (secondary N) is 2. The van der Waals surface area contributed by atoms with Crippen LogP contribution in [0.15, 0.2) is 47.9 Å². The number of rotatable bonds is 0. The maximum Gasteiger partial charge on any atom is 0.326 e. The van der Waals surface area contributed by atoms with Crippen molar-refractivity contribution in [2.45, 2.75) is 0 Å². The smallest absolute Gasteiger partial charge is 0.326 e. The molecule has 0 aromatic heterocycles. The summed E-state index contributed by atoms with van der Waals surface area (Å²) in [4.78, 5) is 25.2. The van der Waals surface area contributed by atoms with Crippen LogP contribution in [0, 0.1) is 0 Å². The topological polar surface area (TPSA) is 61.4 Å². The van der Waals surface area contributed by atoms with Crippen LogP contribution in [0.25, 0.3) is 0 Å². The van der Waals surface area contributed by atoms with Crippen molar-refractivity contribution < 1.29 is 9.59 Å². The van der Waals surface area contributed by atoms with Crippen molar-refractivity contribution in [2.75, 3.05) is 11.4 Å². The molecule has 2 amide bonds. The average molecular weight is 276 g/mol. The summed E-state index contributed by atoms with van der Waals surface area (Å²) >= 11 is 5.67. The number of carbonyl (C=O) groups excluding carboxylic acids is 2. The number of allylic oxidation sites excluding steroid dienone is 1. The molecular formula is C13H10ClN3O2. The van der Waals surface area contributed by atoms with Crippen molar-refractivity contribution in [3.05, 3.63) is 53.5 Å². The summed E-state index contributed by atoms with van der Waals surface area (Å²) in [7, 11) is 0. The van der Waals surface area contributed by atoms with Crippen LogP contribution in [0.1, 0.15) is 10.4 Å².